The average Bonchev–Trinajstić information content (AvgIpc) is 2.51. The number of halogens is 3. The number of methoxy groups -OCH3 is 1. The van der Waals surface area contributed by atoms with Crippen molar-refractivity contribution in [1.82, 2.24) is 15.2 Å². The predicted octanol–water partition coefficient (Wildman–Crippen LogP) is 3.08. The second kappa shape index (κ2) is 7.73. The first kappa shape index (κ1) is 16.9. The van der Waals surface area contributed by atoms with Gasteiger partial charge in [0, 0.05) is 20.3 Å². The Balaban J connectivity index is 2.09. The van der Waals surface area contributed by atoms with Crippen LogP contribution in [-0.2, 0) is 10.9 Å². The molecule has 0 aliphatic carbocycles. The number of alkyl halides is 3. The fourth-order valence-corrected chi connectivity index (χ4v) is 1.83. The number of hydrogen-bond donors (Lipinski definition) is 2. The molecule has 124 valence electrons. The molecule has 0 radical (unpaired) electrons. The Labute approximate surface area is 131 Å². The van der Waals surface area contributed by atoms with Gasteiger partial charge in [0.1, 0.15) is 0 Å². The second-order valence-corrected chi connectivity index (χ2v) is 4.61. The molecule has 0 unspecified atom stereocenters. The summed E-state index contributed by atoms with van der Waals surface area (Å²) in [6.45, 7) is 1.15. The molecule has 2 N–H and O–H groups in total. The van der Waals surface area contributed by atoms with Crippen molar-refractivity contribution in [3.05, 3.63) is 36.0 Å². The van der Waals surface area contributed by atoms with E-state index in [1.165, 1.54) is 24.4 Å². The van der Waals surface area contributed by atoms with E-state index in [2.05, 4.69) is 25.8 Å². The fourth-order valence-electron chi connectivity index (χ4n) is 1.83. The van der Waals surface area contributed by atoms with Crippen LogP contribution in [0.3, 0.4) is 0 Å². The summed E-state index contributed by atoms with van der Waals surface area (Å²) in [6.07, 6.45) is -2.45. The Morgan fingerprint density at radius 3 is 2.74 bits per heavy atom. The number of rotatable bonds is 7. The highest BCUT2D eigenvalue weighted by Crippen LogP contribution is 2.35. The van der Waals surface area contributed by atoms with Crippen LogP contribution in [0, 0.1) is 0 Å². The predicted molar refractivity (Wildman–Crippen MR) is 79.5 cm³/mol. The van der Waals surface area contributed by atoms with Crippen LogP contribution in [0.4, 0.5) is 30.6 Å². The van der Waals surface area contributed by atoms with Crippen molar-refractivity contribution in [2.24, 2.45) is 0 Å². The lowest BCUT2D eigenvalue weighted by molar-refractivity contribution is -0.136. The lowest BCUT2D eigenvalue weighted by Gasteiger charge is -2.13. The van der Waals surface area contributed by atoms with E-state index >= 15 is 0 Å². The van der Waals surface area contributed by atoms with Crippen molar-refractivity contribution < 1.29 is 17.9 Å². The number of aromatic nitrogens is 3. The number of para-hydroxylation sites is 1. The van der Waals surface area contributed by atoms with Gasteiger partial charge in [-0.1, -0.05) is 12.1 Å². The molecular weight excluding hydrogens is 311 g/mol. The molecule has 2 aromatic rings. The molecule has 1 aromatic heterocycles. The zero-order valence-electron chi connectivity index (χ0n) is 12.4. The van der Waals surface area contributed by atoms with Crippen LogP contribution in [0.5, 0.6) is 0 Å². The van der Waals surface area contributed by atoms with Gasteiger partial charge >= 0.3 is 6.18 Å². The van der Waals surface area contributed by atoms with Crippen LogP contribution in [0.2, 0.25) is 0 Å². The summed E-state index contributed by atoms with van der Waals surface area (Å²) in [5.41, 5.74) is -0.862. The fraction of sp³-hybridized carbons (Fsp3) is 0.357. The number of nitrogens with one attached hydrogen (secondary N) is 2. The highest BCUT2D eigenvalue weighted by molar-refractivity contribution is 5.61. The smallest absolute Gasteiger partial charge is 0.385 e. The number of anilines is 3. The van der Waals surface area contributed by atoms with Gasteiger partial charge in [0.2, 0.25) is 5.95 Å². The third-order valence-electron chi connectivity index (χ3n) is 2.86. The average molecular weight is 327 g/mol. The van der Waals surface area contributed by atoms with Gasteiger partial charge in [-0.15, -0.1) is 5.10 Å². The molecule has 1 heterocycles. The molecule has 9 heteroatoms. The van der Waals surface area contributed by atoms with Crippen molar-refractivity contribution in [3.63, 3.8) is 0 Å². The number of nitrogens with zero attached hydrogens (tertiary/aromatic N) is 3. The minimum absolute atomic E-state index is 0.0918. The summed E-state index contributed by atoms with van der Waals surface area (Å²) in [5, 5.41) is 13.0. The van der Waals surface area contributed by atoms with E-state index in [1.807, 2.05) is 0 Å². The standard InChI is InChI=1S/C14H16F3N5O/c1-23-8-4-7-18-13-21-12(9-19-22-13)20-11-6-3-2-5-10(11)14(15,16)17/h2-3,5-6,9H,4,7-8H2,1H3,(H2,18,20,21,22). The van der Waals surface area contributed by atoms with Crippen molar-refractivity contribution in [2.75, 3.05) is 30.9 Å². The molecular formula is C14H16F3N5O. The van der Waals surface area contributed by atoms with E-state index < -0.39 is 11.7 Å². The largest absolute Gasteiger partial charge is 0.418 e. The molecule has 0 amide bonds. The molecule has 0 fully saturated rings. The Morgan fingerprint density at radius 1 is 1.22 bits per heavy atom. The highest BCUT2D eigenvalue weighted by atomic mass is 19.4. The molecule has 23 heavy (non-hydrogen) atoms. The van der Waals surface area contributed by atoms with Gasteiger partial charge in [-0.2, -0.15) is 23.3 Å². The maximum Gasteiger partial charge on any atom is 0.418 e. The van der Waals surface area contributed by atoms with Crippen molar-refractivity contribution in [2.45, 2.75) is 12.6 Å². The quantitative estimate of drug-likeness (QED) is 0.762. The van der Waals surface area contributed by atoms with E-state index in [9.17, 15) is 13.2 Å². The zero-order chi connectivity index (χ0) is 16.7. The first-order chi connectivity index (χ1) is 11.0. The van der Waals surface area contributed by atoms with E-state index in [1.54, 1.807) is 7.11 Å². The zero-order valence-corrected chi connectivity index (χ0v) is 12.4. The van der Waals surface area contributed by atoms with Gasteiger partial charge in [-0.3, -0.25) is 0 Å². The van der Waals surface area contributed by atoms with Gasteiger partial charge in [0.15, 0.2) is 5.82 Å². The van der Waals surface area contributed by atoms with Crippen LogP contribution >= 0.6 is 0 Å². The van der Waals surface area contributed by atoms with E-state index in [0.717, 1.165) is 12.5 Å². The van der Waals surface area contributed by atoms with Gasteiger partial charge in [-0.05, 0) is 18.6 Å². The SMILES string of the molecule is COCCCNc1nncc(Nc2ccccc2C(F)(F)F)n1. The van der Waals surface area contributed by atoms with Crippen LogP contribution in [0.15, 0.2) is 30.5 Å². The molecule has 0 bridgehead atoms. The van der Waals surface area contributed by atoms with E-state index in [4.69, 9.17) is 4.74 Å². The topological polar surface area (TPSA) is 72.0 Å². The van der Waals surface area contributed by atoms with Gasteiger partial charge in [0.25, 0.3) is 0 Å². The molecule has 0 aliphatic heterocycles. The molecule has 0 saturated carbocycles. The van der Waals surface area contributed by atoms with Crippen molar-refractivity contribution in [3.8, 4) is 0 Å². The third kappa shape index (κ3) is 5.06. The summed E-state index contributed by atoms with van der Waals surface area (Å²) in [5.74, 6) is 0.404. The Morgan fingerprint density at radius 2 is 2.00 bits per heavy atom. The third-order valence-corrected chi connectivity index (χ3v) is 2.86. The van der Waals surface area contributed by atoms with Crippen molar-refractivity contribution >= 4 is 17.5 Å². The number of ether oxygens (including phenoxy) is 1. The molecule has 6 nitrogen and oxygen atoms in total. The first-order valence-corrected chi connectivity index (χ1v) is 6.86. The van der Waals surface area contributed by atoms with Gasteiger partial charge < -0.3 is 15.4 Å². The van der Waals surface area contributed by atoms with Crippen LogP contribution < -0.4 is 10.6 Å². The maximum absolute atomic E-state index is 13.0. The summed E-state index contributed by atoms with van der Waals surface area (Å²) in [7, 11) is 1.60. The number of hydrogen-bond acceptors (Lipinski definition) is 6. The number of benzene rings is 1. The molecule has 0 atom stereocenters. The van der Waals surface area contributed by atoms with Crippen LogP contribution in [0.1, 0.15) is 12.0 Å². The molecule has 0 saturated heterocycles. The second-order valence-electron chi connectivity index (χ2n) is 4.61. The maximum atomic E-state index is 13.0. The molecule has 2 rings (SSSR count). The minimum atomic E-state index is -4.45. The summed E-state index contributed by atoms with van der Waals surface area (Å²) in [6, 6.07) is 5.17. The summed E-state index contributed by atoms with van der Waals surface area (Å²) in [4.78, 5) is 4.08. The summed E-state index contributed by atoms with van der Waals surface area (Å²) < 4.78 is 43.8. The lowest BCUT2D eigenvalue weighted by atomic mass is 10.1. The van der Waals surface area contributed by atoms with Gasteiger partial charge in [0.05, 0.1) is 17.4 Å². The van der Waals surface area contributed by atoms with E-state index in [-0.39, 0.29) is 17.5 Å². The Hall–Kier alpha value is -2.42. The first-order valence-electron chi connectivity index (χ1n) is 6.86. The Kier molecular flexibility index (Phi) is 5.69. The lowest BCUT2D eigenvalue weighted by Crippen LogP contribution is -2.11. The van der Waals surface area contributed by atoms with E-state index in [0.29, 0.717) is 13.2 Å². The molecule has 1 aromatic carbocycles. The highest BCUT2D eigenvalue weighted by Gasteiger charge is 2.33. The Bertz CT molecular complexity index is 636. The van der Waals surface area contributed by atoms with Crippen molar-refractivity contribution in [1.29, 1.82) is 0 Å². The van der Waals surface area contributed by atoms with Crippen LogP contribution in [-0.4, -0.2) is 35.4 Å². The molecule has 0 spiro atoms. The monoisotopic (exact) mass is 327 g/mol. The minimum Gasteiger partial charge on any atom is -0.385 e. The summed E-state index contributed by atoms with van der Waals surface area (Å²) >= 11 is 0. The molecule has 0 aliphatic rings. The van der Waals surface area contributed by atoms with Gasteiger partial charge in [-0.25, -0.2) is 0 Å². The van der Waals surface area contributed by atoms with Crippen LogP contribution in [0.25, 0.3) is 0 Å². The normalized spacial score (nSPS) is 11.3.